The number of rotatable bonds is 1. The quantitative estimate of drug-likeness (QED) is 0.654. The summed E-state index contributed by atoms with van der Waals surface area (Å²) in [6.45, 7) is 2.46. The lowest BCUT2D eigenvalue weighted by atomic mass is 10.2. The minimum absolute atomic E-state index is 0.375. The predicted octanol–water partition coefficient (Wildman–Crippen LogP) is 1.82. The summed E-state index contributed by atoms with van der Waals surface area (Å²) in [6, 6.07) is 12.7. The van der Waals surface area contributed by atoms with Crippen LogP contribution in [0.5, 0.6) is 0 Å². The molecule has 4 heteroatoms. The van der Waals surface area contributed by atoms with E-state index in [1.54, 1.807) is 0 Å². The largest absolute Gasteiger partial charge is 0.471 e. The van der Waals surface area contributed by atoms with Gasteiger partial charge in [-0.25, -0.2) is 0 Å². The van der Waals surface area contributed by atoms with Crippen molar-refractivity contribution in [3.05, 3.63) is 35.9 Å². The van der Waals surface area contributed by atoms with Crippen molar-refractivity contribution in [1.82, 2.24) is 0 Å². The third kappa shape index (κ3) is 18.5. The summed E-state index contributed by atoms with van der Waals surface area (Å²) < 4.78 is 3.86. The smallest absolute Gasteiger partial charge is 0.292 e. The Morgan fingerprint density at radius 1 is 1.20 bits per heavy atom. The van der Waals surface area contributed by atoms with Crippen molar-refractivity contribution in [3.63, 3.8) is 0 Å². The van der Waals surface area contributed by atoms with Crippen LogP contribution in [0.3, 0.4) is 0 Å². The van der Waals surface area contributed by atoms with E-state index >= 15 is 0 Å². The van der Waals surface area contributed by atoms with E-state index < -0.39 is 0 Å². The summed E-state index contributed by atoms with van der Waals surface area (Å²) in [5.41, 5.74) is 1.32. The van der Waals surface area contributed by atoms with Gasteiger partial charge in [0.1, 0.15) is 0 Å². The molecule has 0 aliphatic heterocycles. The Hall–Kier alpha value is -2.33. The Balaban J connectivity index is 0. The molecule has 0 saturated carbocycles. The van der Waals surface area contributed by atoms with Crippen molar-refractivity contribution in [3.8, 4) is 12.1 Å². The van der Waals surface area contributed by atoms with Gasteiger partial charge in [0, 0.05) is 0 Å². The predicted molar refractivity (Wildman–Crippen MR) is 55.5 cm³/mol. The number of hydrogen-bond acceptors (Lipinski definition) is 4. The molecule has 0 fully saturated rings. The number of nitrogens with zero attached hydrogens (tertiary/aromatic N) is 2. The Morgan fingerprint density at radius 3 is 1.73 bits per heavy atom. The molecule has 4 nitrogen and oxygen atoms in total. The minimum Gasteiger partial charge on any atom is -0.471 e. The summed E-state index contributed by atoms with van der Waals surface area (Å²) in [5, 5.41) is 14.5. The number of hydrogen-bond donors (Lipinski definition) is 0. The molecule has 0 spiro atoms. The van der Waals surface area contributed by atoms with Gasteiger partial charge in [0.05, 0.1) is 7.11 Å². The van der Waals surface area contributed by atoms with E-state index in [9.17, 15) is 0 Å². The van der Waals surface area contributed by atoms with Gasteiger partial charge >= 0.3 is 0 Å². The second-order valence-electron chi connectivity index (χ2n) is 2.21. The Bertz CT molecular complexity index is 311. The molecule has 0 aliphatic carbocycles. The zero-order valence-corrected chi connectivity index (χ0v) is 8.68. The molecule has 0 amide bonds. The monoisotopic (exact) mass is 204 g/mol. The summed E-state index contributed by atoms with van der Waals surface area (Å²) in [5.74, 6) is 0. The molecule has 78 valence electrons. The molecule has 0 radical (unpaired) electrons. The van der Waals surface area contributed by atoms with Crippen LogP contribution in [0.15, 0.2) is 30.3 Å². The van der Waals surface area contributed by atoms with Gasteiger partial charge in [-0.2, -0.15) is 10.5 Å². The number of carbonyl (C=O) groups excluding carboxylic acids is 1. The van der Waals surface area contributed by atoms with Gasteiger partial charge in [-0.3, -0.25) is 4.79 Å². The molecule has 0 aromatic heterocycles. The topological polar surface area (TPSA) is 73.9 Å². The first kappa shape index (κ1) is 15.2. The second kappa shape index (κ2) is 14.2. The lowest BCUT2D eigenvalue weighted by Gasteiger charge is -1.82. The highest BCUT2D eigenvalue weighted by molar-refractivity contribution is 5.36. The summed E-state index contributed by atoms with van der Waals surface area (Å²) in [7, 11) is 1.31. The van der Waals surface area contributed by atoms with Gasteiger partial charge in [-0.1, -0.05) is 35.9 Å². The van der Waals surface area contributed by atoms with Crippen LogP contribution in [-0.4, -0.2) is 13.6 Å². The van der Waals surface area contributed by atoms with Crippen molar-refractivity contribution in [1.29, 1.82) is 10.5 Å². The maximum atomic E-state index is 8.95. The van der Waals surface area contributed by atoms with Gasteiger partial charge in [0.15, 0.2) is 12.1 Å². The van der Waals surface area contributed by atoms with Crippen LogP contribution in [0.1, 0.15) is 5.56 Å². The highest BCUT2D eigenvalue weighted by Crippen LogP contribution is 1.92. The lowest BCUT2D eigenvalue weighted by Crippen LogP contribution is -1.68. The lowest BCUT2D eigenvalue weighted by molar-refractivity contribution is -0.126. The zero-order chi connectivity index (χ0) is 11.9. The fourth-order valence-electron chi connectivity index (χ4n) is 0.534. The Kier molecular flexibility index (Phi) is 14.4. The summed E-state index contributed by atoms with van der Waals surface area (Å²) >= 11 is 0. The minimum atomic E-state index is 0.375. The van der Waals surface area contributed by atoms with Gasteiger partial charge in [-0.15, -0.1) is 0 Å². The Morgan fingerprint density at radius 2 is 1.60 bits per heavy atom. The third-order valence-electron chi connectivity index (χ3n) is 1.09. The van der Waals surface area contributed by atoms with Crippen LogP contribution >= 0.6 is 0 Å². The molecule has 0 heterocycles. The third-order valence-corrected chi connectivity index (χ3v) is 1.09. The number of carbonyl (C=O) groups is 1. The second-order valence-corrected chi connectivity index (χ2v) is 2.21. The fraction of sp³-hybridized carbons (Fsp3) is 0.182. The Labute approximate surface area is 89.3 Å². The first-order valence-corrected chi connectivity index (χ1v) is 3.99. The number of benzene rings is 1. The molecule has 1 aromatic carbocycles. The molecular formula is C11H12N2O2. The molecule has 15 heavy (non-hydrogen) atoms. The fourth-order valence-corrected chi connectivity index (χ4v) is 0.534. The van der Waals surface area contributed by atoms with Crippen molar-refractivity contribution < 1.29 is 9.53 Å². The highest BCUT2D eigenvalue weighted by atomic mass is 16.5. The van der Waals surface area contributed by atoms with E-state index in [0.717, 1.165) is 0 Å². The highest BCUT2D eigenvalue weighted by Gasteiger charge is 1.72. The number of aryl methyl sites for hydroxylation is 1. The summed E-state index contributed by atoms with van der Waals surface area (Å²) in [6.07, 6.45) is 0. The molecule has 0 bridgehead atoms. The van der Waals surface area contributed by atoms with Crippen LogP contribution in [0.2, 0.25) is 0 Å². The molecule has 0 N–H and O–H groups in total. The summed E-state index contributed by atoms with van der Waals surface area (Å²) in [4.78, 5) is 8.95. The van der Waals surface area contributed by atoms with Crippen LogP contribution in [0.25, 0.3) is 0 Å². The van der Waals surface area contributed by atoms with Gasteiger partial charge in [-0.05, 0) is 6.92 Å². The van der Waals surface area contributed by atoms with Crippen molar-refractivity contribution >= 4 is 6.47 Å². The van der Waals surface area contributed by atoms with E-state index in [1.807, 2.05) is 18.2 Å². The van der Waals surface area contributed by atoms with E-state index in [2.05, 4.69) is 23.8 Å². The van der Waals surface area contributed by atoms with Gasteiger partial charge in [0.25, 0.3) is 6.47 Å². The molecular weight excluding hydrogens is 192 g/mol. The van der Waals surface area contributed by atoms with E-state index in [0.29, 0.717) is 6.47 Å². The van der Waals surface area contributed by atoms with E-state index in [1.165, 1.54) is 24.8 Å². The molecule has 0 aliphatic rings. The average molecular weight is 204 g/mol. The standard InChI is InChI=1S/C7H8.C2N2.C2H4O2/c1-7-5-3-2-4-6-7;3-1-2-4;1-4-2-3/h2-6H,1H3;;2H,1H3. The zero-order valence-electron chi connectivity index (χ0n) is 8.68. The van der Waals surface area contributed by atoms with Crippen molar-refractivity contribution in [2.75, 3.05) is 7.11 Å². The number of nitriles is 2. The van der Waals surface area contributed by atoms with Crippen LogP contribution in [-0.2, 0) is 9.53 Å². The maximum absolute atomic E-state index is 8.95. The van der Waals surface area contributed by atoms with Crippen LogP contribution in [0.4, 0.5) is 0 Å². The molecule has 1 aromatic rings. The SMILES string of the molecule is COC=O.Cc1ccccc1.N#CC#N. The molecule has 0 atom stereocenters. The number of methoxy groups -OCH3 is 1. The molecule has 0 saturated heterocycles. The van der Waals surface area contributed by atoms with Crippen molar-refractivity contribution in [2.24, 2.45) is 0 Å². The first-order valence-electron chi connectivity index (χ1n) is 3.99. The van der Waals surface area contributed by atoms with Crippen LogP contribution < -0.4 is 0 Å². The van der Waals surface area contributed by atoms with Gasteiger partial charge < -0.3 is 4.74 Å². The normalized spacial score (nSPS) is 6.13. The maximum Gasteiger partial charge on any atom is 0.292 e. The van der Waals surface area contributed by atoms with Crippen molar-refractivity contribution in [2.45, 2.75) is 6.92 Å². The average Bonchev–Trinajstić information content (AvgIpc) is 2.31. The van der Waals surface area contributed by atoms with E-state index in [-0.39, 0.29) is 0 Å². The molecule has 1 rings (SSSR count). The van der Waals surface area contributed by atoms with E-state index in [4.69, 9.17) is 15.3 Å². The van der Waals surface area contributed by atoms with Crippen LogP contribution in [0, 0.1) is 29.6 Å². The molecule has 0 unspecified atom stereocenters. The first-order chi connectivity index (χ1) is 7.22. The number of ether oxygens (including phenoxy) is 1. The van der Waals surface area contributed by atoms with Gasteiger partial charge in [0.2, 0.25) is 0 Å².